The smallest absolute Gasteiger partial charge is 0.120 e. The molecule has 0 N–H and O–H groups in total. The fourth-order valence-electron chi connectivity index (χ4n) is 2.47. The van der Waals surface area contributed by atoms with Crippen LogP contribution in [0.2, 0.25) is 0 Å². The van der Waals surface area contributed by atoms with Crippen LogP contribution in [0, 0.1) is 5.41 Å². The number of hydrogen-bond acceptors (Lipinski definition) is 4. The van der Waals surface area contributed by atoms with E-state index in [1.54, 1.807) is 0 Å². The molecule has 4 nitrogen and oxygen atoms in total. The van der Waals surface area contributed by atoms with Crippen molar-refractivity contribution in [2.75, 3.05) is 26.4 Å². The second kappa shape index (κ2) is 14.5. The van der Waals surface area contributed by atoms with Crippen molar-refractivity contribution in [1.29, 1.82) is 0 Å². The Morgan fingerprint density at radius 3 is 1.59 bits per heavy atom. The minimum atomic E-state index is -0.104. The van der Waals surface area contributed by atoms with E-state index in [-0.39, 0.29) is 16.6 Å². The van der Waals surface area contributed by atoms with E-state index in [9.17, 15) is 0 Å². The Balaban J connectivity index is 0.000000342. The highest BCUT2D eigenvalue weighted by molar-refractivity contribution is 9.10. The van der Waals surface area contributed by atoms with Crippen molar-refractivity contribution in [1.82, 2.24) is 0 Å². The lowest BCUT2D eigenvalue weighted by Gasteiger charge is -2.29. The quantitative estimate of drug-likeness (QED) is 0.255. The normalized spacial score (nSPS) is 12.1. The second-order valence-corrected chi connectivity index (χ2v) is 12.8. The van der Waals surface area contributed by atoms with E-state index in [0.29, 0.717) is 19.8 Å². The van der Waals surface area contributed by atoms with Gasteiger partial charge in [-0.25, -0.2) is 0 Å². The van der Waals surface area contributed by atoms with Gasteiger partial charge in [0.05, 0.1) is 37.6 Å². The molecule has 0 fully saturated rings. The number of benzene rings is 2. The van der Waals surface area contributed by atoms with Gasteiger partial charge in [-0.2, -0.15) is 0 Å². The Morgan fingerprint density at radius 2 is 1.12 bits per heavy atom. The number of hydrogen-bond donors (Lipinski definition) is 0. The van der Waals surface area contributed by atoms with Crippen molar-refractivity contribution >= 4 is 31.9 Å². The zero-order valence-corrected chi connectivity index (χ0v) is 25.2. The molecule has 0 saturated carbocycles. The van der Waals surface area contributed by atoms with Crippen LogP contribution in [0.5, 0.6) is 11.5 Å². The molecule has 0 aliphatic carbocycles. The summed E-state index contributed by atoms with van der Waals surface area (Å²) in [7, 11) is 0. The van der Waals surface area contributed by atoms with Crippen LogP contribution in [-0.2, 0) is 9.47 Å². The fraction of sp³-hybridized carbons (Fsp3) is 0.571. The summed E-state index contributed by atoms with van der Waals surface area (Å²) in [4.78, 5) is 0. The van der Waals surface area contributed by atoms with Gasteiger partial charge < -0.3 is 18.9 Å². The molecule has 0 heterocycles. The molecular weight excluding hydrogens is 560 g/mol. The lowest BCUT2D eigenvalue weighted by atomic mass is 9.96. The highest BCUT2D eigenvalue weighted by Gasteiger charge is 2.23. The molecule has 0 atom stereocenters. The molecule has 2 aromatic carbocycles. The highest BCUT2D eigenvalue weighted by atomic mass is 79.9. The molecule has 0 bridgehead atoms. The zero-order valence-electron chi connectivity index (χ0n) is 22.0. The molecule has 0 unspecified atom stereocenters. The standard InChI is InChI=1S/C15H23BrO2.C13H19BrO2/c1-14(2,3)18-11-15(4,5)10-17-13-8-6-7-12(16)9-13;1-13(2,3)16-9-5-8-15-12-7-4-6-11(14)10-12/h6-9H,10-11H2,1-5H3;4,6-7,10H,5,8-9H2,1-3H3. The lowest BCUT2D eigenvalue weighted by molar-refractivity contribution is -0.0532. The molecular formula is C28H42Br2O4. The average molecular weight is 602 g/mol. The van der Waals surface area contributed by atoms with Crippen molar-refractivity contribution in [2.45, 2.75) is 73.0 Å². The average Bonchev–Trinajstić information content (AvgIpc) is 2.70. The van der Waals surface area contributed by atoms with Crippen LogP contribution >= 0.6 is 31.9 Å². The van der Waals surface area contributed by atoms with Gasteiger partial charge in [-0.1, -0.05) is 57.8 Å². The Kier molecular flexibility index (Phi) is 13.2. The molecule has 0 amide bonds. The van der Waals surface area contributed by atoms with Crippen LogP contribution in [0.15, 0.2) is 57.5 Å². The van der Waals surface area contributed by atoms with Crippen LogP contribution in [-0.4, -0.2) is 37.6 Å². The molecule has 0 radical (unpaired) electrons. The van der Waals surface area contributed by atoms with E-state index in [1.165, 1.54) is 0 Å². The van der Waals surface area contributed by atoms with E-state index >= 15 is 0 Å². The first-order valence-corrected chi connectivity index (χ1v) is 13.3. The van der Waals surface area contributed by atoms with Crippen molar-refractivity contribution in [3.05, 3.63) is 57.5 Å². The summed E-state index contributed by atoms with van der Waals surface area (Å²) in [6.07, 6.45) is 0.907. The van der Waals surface area contributed by atoms with Crippen molar-refractivity contribution in [3.8, 4) is 11.5 Å². The van der Waals surface area contributed by atoms with Crippen molar-refractivity contribution < 1.29 is 18.9 Å². The predicted molar refractivity (Wildman–Crippen MR) is 149 cm³/mol. The van der Waals surface area contributed by atoms with Gasteiger partial charge in [0.15, 0.2) is 0 Å². The van der Waals surface area contributed by atoms with E-state index < -0.39 is 0 Å². The Morgan fingerprint density at radius 1 is 0.618 bits per heavy atom. The topological polar surface area (TPSA) is 36.9 Å². The first-order valence-electron chi connectivity index (χ1n) is 11.7. The maximum atomic E-state index is 5.82. The molecule has 6 heteroatoms. The SMILES string of the molecule is CC(C)(C)OCCCOc1cccc(Br)c1.CC(C)(COc1cccc(Br)c1)COC(C)(C)C. The van der Waals surface area contributed by atoms with Gasteiger partial charge >= 0.3 is 0 Å². The fourth-order valence-corrected chi connectivity index (χ4v) is 3.23. The van der Waals surface area contributed by atoms with Gasteiger partial charge in [0.2, 0.25) is 0 Å². The first kappa shape index (κ1) is 31.0. The van der Waals surface area contributed by atoms with Crippen LogP contribution in [0.4, 0.5) is 0 Å². The summed E-state index contributed by atoms with van der Waals surface area (Å²) in [5.74, 6) is 1.78. The third-order valence-electron chi connectivity index (χ3n) is 4.21. The molecule has 0 spiro atoms. The second-order valence-electron chi connectivity index (χ2n) is 10.9. The van der Waals surface area contributed by atoms with Gasteiger partial charge in [0.1, 0.15) is 11.5 Å². The summed E-state index contributed by atoms with van der Waals surface area (Å²) in [5.41, 5.74) is -0.168. The maximum absolute atomic E-state index is 5.82. The van der Waals surface area contributed by atoms with E-state index in [1.807, 2.05) is 48.5 Å². The zero-order chi connectivity index (χ0) is 25.8. The predicted octanol–water partition coefficient (Wildman–Crippen LogP) is 8.70. The molecule has 0 saturated heterocycles. The van der Waals surface area contributed by atoms with Crippen molar-refractivity contribution in [2.24, 2.45) is 5.41 Å². The van der Waals surface area contributed by atoms with Gasteiger partial charge in [-0.15, -0.1) is 0 Å². The number of ether oxygens (including phenoxy) is 4. The third kappa shape index (κ3) is 16.5. The monoisotopic (exact) mass is 600 g/mol. The molecule has 0 aliphatic rings. The summed E-state index contributed by atoms with van der Waals surface area (Å²) >= 11 is 6.84. The Labute approximate surface area is 224 Å². The maximum Gasteiger partial charge on any atom is 0.120 e. The molecule has 2 rings (SSSR count). The van der Waals surface area contributed by atoms with Gasteiger partial charge in [-0.05, 0) is 77.9 Å². The minimum absolute atomic E-state index is 0.00437. The molecule has 192 valence electrons. The number of rotatable bonds is 10. The lowest BCUT2D eigenvalue weighted by Crippen LogP contribution is -2.32. The van der Waals surface area contributed by atoms with E-state index in [4.69, 9.17) is 18.9 Å². The molecule has 34 heavy (non-hydrogen) atoms. The van der Waals surface area contributed by atoms with Crippen molar-refractivity contribution in [3.63, 3.8) is 0 Å². The van der Waals surface area contributed by atoms with Crippen LogP contribution in [0.1, 0.15) is 61.8 Å². The molecule has 0 aromatic heterocycles. The first-order chi connectivity index (χ1) is 15.7. The molecule has 2 aromatic rings. The van der Waals surface area contributed by atoms with Gasteiger partial charge in [0, 0.05) is 20.8 Å². The Bertz CT molecular complexity index is 839. The van der Waals surface area contributed by atoms with E-state index in [2.05, 4.69) is 87.2 Å². The summed E-state index contributed by atoms with van der Waals surface area (Å²) in [6, 6.07) is 15.8. The summed E-state index contributed by atoms with van der Waals surface area (Å²) in [5, 5.41) is 0. The van der Waals surface area contributed by atoms with Crippen LogP contribution in [0.3, 0.4) is 0 Å². The summed E-state index contributed by atoms with van der Waals surface area (Å²) < 4.78 is 24.9. The van der Waals surface area contributed by atoms with Crippen LogP contribution < -0.4 is 9.47 Å². The Hall–Kier alpha value is -1.08. The summed E-state index contributed by atoms with van der Waals surface area (Å²) in [6.45, 7) is 19.4. The minimum Gasteiger partial charge on any atom is -0.493 e. The van der Waals surface area contributed by atoms with Gasteiger partial charge in [0.25, 0.3) is 0 Å². The number of halogens is 2. The molecule has 0 aliphatic heterocycles. The third-order valence-corrected chi connectivity index (χ3v) is 5.20. The van der Waals surface area contributed by atoms with E-state index in [0.717, 1.165) is 33.5 Å². The highest BCUT2D eigenvalue weighted by Crippen LogP contribution is 2.23. The largest absolute Gasteiger partial charge is 0.493 e. The van der Waals surface area contributed by atoms with Crippen LogP contribution in [0.25, 0.3) is 0 Å². The van der Waals surface area contributed by atoms with Gasteiger partial charge in [-0.3, -0.25) is 0 Å².